The smallest absolute Gasteiger partial charge is 0.407 e. The molecule has 0 radical (unpaired) electrons. The van der Waals surface area contributed by atoms with Crippen molar-refractivity contribution < 1.29 is 14.3 Å². The van der Waals surface area contributed by atoms with Gasteiger partial charge < -0.3 is 14.8 Å². The van der Waals surface area contributed by atoms with Crippen LogP contribution in [0.5, 0.6) is 11.6 Å². The molecule has 0 saturated heterocycles. The van der Waals surface area contributed by atoms with Gasteiger partial charge in [-0.05, 0) is 17.7 Å². The van der Waals surface area contributed by atoms with E-state index in [0.29, 0.717) is 5.75 Å². The Kier molecular flexibility index (Phi) is 5.07. The topological polar surface area (TPSA) is 90.4 Å². The van der Waals surface area contributed by atoms with Crippen molar-refractivity contribution in [1.29, 1.82) is 0 Å². The lowest BCUT2D eigenvalue weighted by molar-refractivity contribution is 0.142. The van der Waals surface area contributed by atoms with Gasteiger partial charge >= 0.3 is 6.09 Å². The third-order valence-electron chi connectivity index (χ3n) is 2.34. The van der Waals surface area contributed by atoms with Crippen molar-refractivity contribution >= 4 is 29.4 Å². The third kappa shape index (κ3) is 4.14. The van der Waals surface area contributed by atoms with Crippen molar-refractivity contribution in [3.8, 4) is 11.6 Å². The van der Waals surface area contributed by atoms with E-state index < -0.39 is 11.5 Å². The summed E-state index contributed by atoms with van der Waals surface area (Å²) in [6.45, 7) is 0.133. The molecule has 2 aromatic rings. The van der Waals surface area contributed by atoms with Crippen LogP contribution < -0.4 is 15.5 Å². The van der Waals surface area contributed by atoms with Crippen molar-refractivity contribution in [3.63, 3.8) is 0 Å². The Morgan fingerprint density at radius 1 is 1.33 bits per heavy atom. The molecular formula is C12H10ClN3O4S. The Hall–Kier alpha value is -2.19. The lowest BCUT2D eigenvalue weighted by Crippen LogP contribution is -2.18. The molecule has 110 valence electrons. The molecule has 2 rings (SSSR count). The first kappa shape index (κ1) is 15.2. The molecule has 0 atom stereocenters. The predicted molar refractivity (Wildman–Crippen MR) is 76.9 cm³/mol. The number of alkyl carbamates (subject to hydrolysis) is 1. The number of nitrogens with one attached hydrogen (secondary N) is 1. The van der Waals surface area contributed by atoms with Gasteiger partial charge in [0, 0.05) is 7.05 Å². The van der Waals surface area contributed by atoms with Gasteiger partial charge in [-0.25, -0.2) is 4.79 Å². The Morgan fingerprint density at radius 3 is 2.71 bits per heavy atom. The van der Waals surface area contributed by atoms with Gasteiger partial charge in [0.25, 0.3) is 11.3 Å². The van der Waals surface area contributed by atoms with Crippen LogP contribution in [0.3, 0.4) is 0 Å². The molecule has 21 heavy (non-hydrogen) atoms. The number of hydrogen-bond donors (Lipinski definition) is 1. The van der Waals surface area contributed by atoms with Crippen LogP contribution in [-0.2, 0) is 11.3 Å². The summed E-state index contributed by atoms with van der Waals surface area (Å²) in [7, 11) is 1.48. The van der Waals surface area contributed by atoms with Crippen LogP contribution in [0.25, 0.3) is 0 Å². The Bertz CT molecular complexity index is 690. The quantitative estimate of drug-likeness (QED) is 0.925. The number of ether oxygens (including phenoxy) is 2. The summed E-state index contributed by atoms with van der Waals surface area (Å²) in [5.74, 6) is 0.284. The van der Waals surface area contributed by atoms with Crippen molar-refractivity contribution in [2.24, 2.45) is 0 Å². The Morgan fingerprint density at radius 2 is 2.05 bits per heavy atom. The first-order chi connectivity index (χ1) is 10.1. The number of hydrogen-bond acceptors (Lipinski definition) is 7. The zero-order valence-corrected chi connectivity index (χ0v) is 12.4. The fourth-order valence-electron chi connectivity index (χ4n) is 1.32. The molecule has 9 heteroatoms. The average molecular weight is 328 g/mol. The second-order valence-electron chi connectivity index (χ2n) is 3.76. The van der Waals surface area contributed by atoms with E-state index in [2.05, 4.69) is 14.1 Å². The molecule has 0 bridgehead atoms. The highest BCUT2D eigenvalue weighted by molar-refractivity contribution is 6.99. The summed E-state index contributed by atoms with van der Waals surface area (Å²) >= 11 is 6.39. The highest BCUT2D eigenvalue weighted by atomic mass is 35.5. The zero-order chi connectivity index (χ0) is 15.2. The van der Waals surface area contributed by atoms with E-state index in [0.717, 1.165) is 17.3 Å². The number of carbonyl (C=O) groups is 1. The number of rotatable bonds is 4. The van der Waals surface area contributed by atoms with E-state index in [-0.39, 0.29) is 17.6 Å². The maximum atomic E-state index is 11.6. The lowest BCUT2D eigenvalue weighted by atomic mass is 10.2. The fourth-order valence-corrected chi connectivity index (χ4v) is 1.88. The van der Waals surface area contributed by atoms with Gasteiger partial charge in [0.15, 0.2) is 5.15 Å². The second kappa shape index (κ2) is 7.00. The van der Waals surface area contributed by atoms with Gasteiger partial charge in [0.05, 0.1) is 11.7 Å². The van der Waals surface area contributed by atoms with Crippen LogP contribution >= 0.6 is 23.3 Å². The average Bonchev–Trinajstić information content (AvgIpc) is 2.51. The molecule has 1 N–H and O–H groups in total. The monoisotopic (exact) mass is 327 g/mol. The van der Waals surface area contributed by atoms with Crippen LogP contribution in [0.15, 0.2) is 29.1 Å². The Labute approximate surface area is 128 Å². The van der Waals surface area contributed by atoms with Gasteiger partial charge in [-0.1, -0.05) is 23.7 Å². The fraction of sp³-hybridized carbons (Fsp3) is 0.167. The van der Waals surface area contributed by atoms with E-state index >= 15 is 0 Å². The minimum absolute atomic E-state index is 0.130. The largest absolute Gasteiger partial charge is 0.445 e. The minimum Gasteiger partial charge on any atom is -0.445 e. The summed E-state index contributed by atoms with van der Waals surface area (Å²) in [6.07, 6.45) is -0.511. The normalized spacial score (nSPS) is 10.0. The first-order valence-corrected chi connectivity index (χ1v) is 6.84. The van der Waals surface area contributed by atoms with Gasteiger partial charge in [-0.15, -0.1) is 4.37 Å². The SMILES string of the molecule is CNC(=O)OCc1ccc(Oc2nsnc(Cl)c2=O)cc1. The minimum atomic E-state index is -0.567. The zero-order valence-electron chi connectivity index (χ0n) is 10.8. The van der Waals surface area contributed by atoms with E-state index in [9.17, 15) is 9.59 Å². The summed E-state index contributed by atoms with van der Waals surface area (Å²) < 4.78 is 17.6. The molecule has 1 aromatic carbocycles. The number of halogens is 1. The molecule has 1 heterocycles. The summed E-state index contributed by atoms with van der Waals surface area (Å²) in [5.41, 5.74) is 0.208. The van der Waals surface area contributed by atoms with Crippen LogP contribution in [0.2, 0.25) is 5.15 Å². The van der Waals surface area contributed by atoms with Crippen molar-refractivity contribution in [3.05, 3.63) is 45.2 Å². The molecule has 7 nitrogen and oxygen atoms in total. The van der Waals surface area contributed by atoms with Crippen LogP contribution in [0.1, 0.15) is 5.56 Å². The van der Waals surface area contributed by atoms with Gasteiger partial charge in [-0.3, -0.25) is 4.79 Å². The van der Waals surface area contributed by atoms with Gasteiger partial charge in [0.2, 0.25) is 0 Å². The molecule has 1 amide bonds. The van der Waals surface area contributed by atoms with Crippen LogP contribution in [-0.4, -0.2) is 21.9 Å². The highest BCUT2D eigenvalue weighted by Crippen LogP contribution is 2.18. The molecule has 0 saturated carbocycles. The lowest BCUT2D eigenvalue weighted by Gasteiger charge is -2.06. The predicted octanol–water partition coefficient (Wildman–Crippen LogP) is 2.20. The summed E-state index contributed by atoms with van der Waals surface area (Å²) in [6, 6.07) is 6.66. The molecule has 0 unspecified atom stereocenters. The van der Waals surface area contributed by atoms with Gasteiger partial charge in [0.1, 0.15) is 12.4 Å². The molecular weight excluding hydrogens is 318 g/mol. The number of carbonyl (C=O) groups excluding carboxylic acids is 1. The van der Waals surface area contributed by atoms with Crippen molar-refractivity contribution in [2.45, 2.75) is 6.61 Å². The van der Waals surface area contributed by atoms with E-state index in [1.165, 1.54) is 7.05 Å². The molecule has 0 aliphatic carbocycles. The van der Waals surface area contributed by atoms with E-state index in [1.807, 2.05) is 0 Å². The van der Waals surface area contributed by atoms with Crippen LogP contribution in [0, 0.1) is 0 Å². The molecule has 0 spiro atoms. The molecule has 0 aliphatic heterocycles. The van der Waals surface area contributed by atoms with E-state index in [4.69, 9.17) is 21.1 Å². The first-order valence-electron chi connectivity index (χ1n) is 5.74. The number of benzene rings is 1. The van der Waals surface area contributed by atoms with Crippen molar-refractivity contribution in [1.82, 2.24) is 14.1 Å². The van der Waals surface area contributed by atoms with Gasteiger partial charge in [-0.2, -0.15) is 4.37 Å². The molecule has 1 aromatic heterocycles. The highest BCUT2D eigenvalue weighted by Gasteiger charge is 2.09. The maximum absolute atomic E-state index is 11.6. The molecule has 0 fully saturated rings. The maximum Gasteiger partial charge on any atom is 0.407 e. The second-order valence-corrected chi connectivity index (χ2v) is 4.65. The van der Waals surface area contributed by atoms with Crippen LogP contribution in [0.4, 0.5) is 4.79 Å². The van der Waals surface area contributed by atoms with Crippen molar-refractivity contribution in [2.75, 3.05) is 7.05 Å². The number of aromatic nitrogens is 2. The molecule has 0 aliphatic rings. The standard InChI is InChI=1S/C12H10ClN3O4S/c1-14-12(18)19-6-7-2-4-8(5-3-7)20-11-9(17)10(13)15-21-16-11/h2-5H,6H2,1H3,(H,14,18). The third-order valence-corrected chi connectivity index (χ3v) is 3.21. The summed E-state index contributed by atoms with van der Waals surface area (Å²) in [5, 5.41) is 2.16. The number of nitrogens with zero attached hydrogens (tertiary/aromatic N) is 2. The Balaban J connectivity index is 2.04. The van der Waals surface area contributed by atoms with E-state index in [1.54, 1.807) is 24.3 Å². The number of amides is 1. The summed E-state index contributed by atoms with van der Waals surface area (Å²) in [4.78, 5) is 22.6.